The first-order valence-corrected chi connectivity index (χ1v) is 9.30. The van der Waals surface area contributed by atoms with Crippen LogP contribution in [0, 0.1) is 5.41 Å². The van der Waals surface area contributed by atoms with Crippen LogP contribution in [0.15, 0.2) is 24.3 Å². The lowest BCUT2D eigenvalue weighted by atomic mass is 9.75. The molecule has 0 saturated heterocycles. The third kappa shape index (κ3) is 3.18. The standard InChI is InChI=1S/C18H24BrNO/c19-13-18(11-4-1-5-12-18)14-20-16-9-3-2-7-15(16)8-6-10-17(20)21/h2-3,7,9H,1,4-6,8,10-14H2. The van der Waals surface area contributed by atoms with E-state index in [9.17, 15) is 4.79 Å². The molecular formula is C18H24BrNO. The number of hydrogen-bond acceptors (Lipinski definition) is 1. The number of nitrogens with zero attached hydrogens (tertiary/aromatic N) is 1. The zero-order valence-corrected chi connectivity index (χ0v) is 14.2. The first-order valence-electron chi connectivity index (χ1n) is 8.18. The maximum atomic E-state index is 12.6. The van der Waals surface area contributed by atoms with Crippen LogP contribution in [0.25, 0.3) is 0 Å². The van der Waals surface area contributed by atoms with Gasteiger partial charge < -0.3 is 4.90 Å². The van der Waals surface area contributed by atoms with E-state index in [0.717, 1.165) is 30.4 Å². The summed E-state index contributed by atoms with van der Waals surface area (Å²) in [4.78, 5) is 14.7. The molecule has 1 aliphatic heterocycles. The quantitative estimate of drug-likeness (QED) is 0.724. The predicted molar refractivity (Wildman–Crippen MR) is 91.0 cm³/mol. The summed E-state index contributed by atoms with van der Waals surface area (Å²) >= 11 is 3.74. The average Bonchev–Trinajstić information content (AvgIpc) is 2.68. The molecule has 1 saturated carbocycles. The number of para-hydroxylation sites is 1. The van der Waals surface area contributed by atoms with Crippen LogP contribution in [0.1, 0.15) is 50.5 Å². The second-order valence-corrected chi connectivity index (χ2v) is 7.22. The molecule has 1 fully saturated rings. The highest BCUT2D eigenvalue weighted by molar-refractivity contribution is 9.09. The Kier molecular flexibility index (Phi) is 4.68. The summed E-state index contributed by atoms with van der Waals surface area (Å²) in [6.45, 7) is 0.883. The summed E-state index contributed by atoms with van der Waals surface area (Å²) < 4.78 is 0. The monoisotopic (exact) mass is 349 g/mol. The summed E-state index contributed by atoms with van der Waals surface area (Å²) in [6, 6.07) is 8.46. The van der Waals surface area contributed by atoms with Gasteiger partial charge in [-0.2, -0.15) is 0 Å². The van der Waals surface area contributed by atoms with E-state index in [1.807, 2.05) is 0 Å². The van der Waals surface area contributed by atoms with Crippen LogP contribution in [0.5, 0.6) is 0 Å². The lowest BCUT2D eigenvalue weighted by molar-refractivity contribution is -0.119. The van der Waals surface area contributed by atoms with Crippen molar-refractivity contribution in [3.63, 3.8) is 0 Å². The smallest absolute Gasteiger partial charge is 0.227 e. The van der Waals surface area contributed by atoms with E-state index in [1.165, 1.54) is 37.7 Å². The predicted octanol–water partition coefficient (Wildman–Crippen LogP) is 4.70. The fraction of sp³-hybridized carbons (Fsp3) is 0.611. The van der Waals surface area contributed by atoms with Gasteiger partial charge in [0.2, 0.25) is 5.91 Å². The number of benzene rings is 1. The van der Waals surface area contributed by atoms with E-state index in [-0.39, 0.29) is 5.41 Å². The van der Waals surface area contributed by atoms with Crippen molar-refractivity contribution >= 4 is 27.5 Å². The van der Waals surface area contributed by atoms with Gasteiger partial charge in [0.25, 0.3) is 0 Å². The molecule has 2 nitrogen and oxygen atoms in total. The normalized spacial score (nSPS) is 21.8. The topological polar surface area (TPSA) is 20.3 Å². The molecule has 1 heterocycles. The molecule has 0 atom stereocenters. The minimum absolute atomic E-state index is 0.269. The Labute approximate surface area is 136 Å². The van der Waals surface area contributed by atoms with Crippen LogP contribution in [0.2, 0.25) is 0 Å². The Morgan fingerprint density at radius 2 is 1.81 bits per heavy atom. The molecule has 0 radical (unpaired) electrons. The molecule has 1 aromatic rings. The molecule has 1 aromatic carbocycles. The Hall–Kier alpha value is -0.830. The van der Waals surface area contributed by atoms with Crippen molar-refractivity contribution in [1.82, 2.24) is 0 Å². The molecular weight excluding hydrogens is 326 g/mol. The van der Waals surface area contributed by atoms with Gasteiger partial charge in [-0.25, -0.2) is 0 Å². The molecule has 0 aromatic heterocycles. The Morgan fingerprint density at radius 3 is 2.57 bits per heavy atom. The van der Waals surface area contributed by atoms with Crippen molar-refractivity contribution in [2.75, 3.05) is 16.8 Å². The summed E-state index contributed by atoms with van der Waals surface area (Å²) in [5.41, 5.74) is 2.76. The number of carbonyl (C=O) groups excluding carboxylic acids is 1. The number of fused-ring (bicyclic) bond motifs is 1. The number of aryl methyl sites for hydroxylation is 1. The minimum Gasteiger partial charge on any atom is -0.312 e. The van der Waals surface area contributed by atoms with Gasteiger partial charge in [0.05, 0.1) is 0 Å². The molecule has 0 N–H and O–H groups in total. The highest BCUT2D eigenvalue weighted by atomic mass is 79.9. The number of carbonyl (C=O) groups is 1. The van der Waals surface area contributed by atoms with Crippen LogP contribution in [-0.2, 0) is 11.2 Å². The molecule has 0 unspecified atom stereocenters. The van der Waals surface area contributed by atoms with Gasteiger partial charge in [-0.05, 0) is 42.7 Å². The SMILES string of the molecule is O=C1CCCc2ccccc2N1CC1(CBr)CCCCC1. The van der Waals surface area contributed by atoms with Crippen LogP contribution in [0.4, 0.5) is 5.69 Å². The maximum absolute atomic E-state index is 12.6. The van der Waals surface area contributed by atoms with Gasteiger partial charge >= 0.3 is 0 Å². The summed E-state index contributed by atoms with van der Waals surface area (Å²) in [5, 5.41) is 1.01. The van der Waals surface area contributed by atoms with Crippen molar-refractivity contribution < 1.29 is 4.79 Å². The summed E-state index contributed by atoms with van der Waals surface area (Å²) in [6.07, 6.45) is 9.12. The van der Waals surface area contributed by atoms with Gasteiger partial charge in [-0.15, -0.1) is 0 Å². The zero-order chi connectivity index (χ0) is 14.7. The van der Waals surface area contributed by atoms with Gasteiger partial charge in [-0.1, -0.05) is 53.4 Å². The summed E-state index contributed by atoms with van der Waals surface area (Å²) in [5.74, 6) is 0.311. The minimum atomic E-state index is 0.269. The number of anilines is 1. The number of hydrogen-bond donors (Lipinski definition) is 0. The van der Waals surface area contributed by atoms with Crippen molar-refractivity contribution in [3.8, 4) is 0 Å². The molecule has 114 valence electrons. The average molecular weight is 350 g/mol. The number of amides is 1. The fourth-order valence-corrected chi connectivity index (χ4v) is 4.57. The molecule has 2 aliphatic rings. The fourth-order valence-electron chi connectivity index (χ4n) is 3.83. The largest absolute Gasteiger partial charge is 0.312 e. The first kappa shape index (κ1) is 15.1. The second-order valence-electron chi connectivity index (χ2n) is 6.66. The van der Waals surface area contributed by atoms with Crippen molar-refractivity contribution in [2.45, 2.75) is 51.4 Å². The molecule has 1 amide bonds. The molecule has 0 bridgehead atoms. The van der Waals surface area contributed by atoms with Gasteiger partial charge in [0.1, 0.15) is 0 Å². The molecule has 3 heteroatoms. The van der Waals surface area contributed by atoms with E-state index in [4.69, 9.17) is 0 Å². The Morgan fingerprint density at radius 1 is 1.05 bits per heavy atom. The third-order valence-electron chi connectivity index (χ3n) is 5.11. The van der Waals surface area contributed by atoms with Crippen LogP contribution in [0.3, 0.4) is 0 Å². The highest BCUT2D eigenvalue weighted by Crippen LogP contribution is 2.40. The van der Waals surface area contributed by atoms with Crippen molar-refractivity contribution in [1.29, 1.82) is 0 Å². The van der Waals surface area contributed by atoms with Crippen LogP contribution in [-0.4, -0.2) is 17.8 Å². The van der Waals surface area contributed by atoms with Gasteiger partial charge in [-0.3, -0.25) is 4.79 Å². The van der Waals surface area contributed by atoms with Crippen LogP contribution < -0.4 is 4.90 Å². The van der Waals surface area contributed by atoms with Crippen molar-refractivity contribution in [3.05, 3.63) is 29.8 Å². The second kappa shape index (κ2) is 6.51. The number of rotatable bonds is 3. The van der Waals surface area contributed by atoms with Gasteiger partial charge in [0, 0.05) is 24.0 Å². The lowest BCUT2D eigenvalue weighted by Gasteiger charge is -2.40. The zero-order valence-electron chi connectivity index (χ0n) is 12.6. The number of halogens is 1. The highest BCUT2D eigenvalue weighted by Gasteiger charge is 2.35. The maximum Gasteiger partial charge on any atom is 0.227 e. The molecule has 1 aliphatic carbocycles. The number of alkyl halides is 1. The first-order chi connectivity index (χ1) is 10.2. The van der Waals surface area contributed by atoms with E-state index in [2.05, 4.69) is 45.1 Å². The van der Waals surface area contributed by atoms with E-state index in [0.29, 0.717) is 12.3 Å². The van der Waals surface area contributed by atoms with Crippen LogP contribution >= 0.6 is 15.9 Å². The molecule has 21 heavy (non-hydrogen) atoms. The Balaban J connectivity index is 1.90. The summed E-state index contributed by atoms with van der Waals surface area (Å²) in [7, 11) is 0. The van der Waals surface area contributed by atoms with E-state index in [1.54, 1.807) is 0 Å². The molecule has 3 rings (SSSR count). The van der Waals surface area contributed by atoms with Crippen molar-refractivity contribution in [2.24, 2.45) is 5.41 Å². The van der Waals surface area contributed by atoms with Gasteiger partial charge in [0.15, 0.2) is 0 Å². The Bertz CT molecular complexity index is 508. The third-order valence-corrected chi connectivity index (χ3v) is 6.30. The molecule has 0 spiro atoms. The van der Waals surface area contributed by atoms with E-state index >= 15 is 0 Å². The lowest BCUT2D eigenvalue weighted by Crippen LogP contribution is -2.43. The van der Waals surface area contributed by atoms with E-state index < -0.39 is 0 Å².